The smallest absolute Gasteiger partial charge is 0.282 e. The molecule has 0 aromatic heterocycles. The molecule has 6 nitrogen and oxygen atoms in total. The maximum Gasteiger partial charge on any atom is 0.282 e. The third-order valence-electron chi connectivity index (χ3n) is 3.75. The Morgan fingerprint density at radius 1 is 1.40 bits per heavy atom. The van der Waals surface area contributed by atoms with Crippen LogP contribution in [0.3, 0.4) is 0 Å². The summed E-state index contributed by atoms with van der Waals surface area (Å²) in [5.74, 6) is -0.132. The van der Waals surface area contributed by atoms with Crippen LogP contribution in [0, 0.1) is 5.82 Å². The van der Waals surface area contributed by atoms with Gasteiger partial charge in [-0.25, -0.2) is 4.39 Å². The predicted molar refractivity (Wildman–Crippen MR) is 71.9 cm³/mol. The van der Waals surface area contributed by atoms with Gasteiger partial charge in [-0.15, -0.1) is 0 Å². The van der Waals surface area contributed by atoms with Crippen molar-refractivity contribution >= 4 is 15.9 Å². The second-order valence-electron chi connectivity index (χ2n) is 5.13. The quantitative estimate of drug-likeness (QED) is 0.803. The molecule has 0 saturated carbocycles. The molecule has 20 heavy (non-hydrogen) atoms. The monoisotopic (exact) mass is 301 g/mol. The zero-order valence-electron chi connectivity index (χ0n) is 11.0. The maximum atomic E-state index is 13.3. The molecule has 8 heteroatoms. The lowest BCUT2D eigenvalue weighted by Gasteiger charge is -2.19. The van der Waals surface area contributed by atoms with Crippen LogP contribution in [0.2, 0.25) is 0 Å². The van der Waals surface area contributed by atoms with Crippen LogP contribution < -0.4 is 10.5 Å². The molecule has 0 radical (unpaired) electrons. The highest BCUT2D eigenvalue weighted by Gasteiger charge is 2.50. The summed E-state index contributed by atoms with van der Waals surface area (Å²) in [4.78, 5) is 0. The van der Waals surface area contributed by atoms with Gasteiger partial charge in [0.15, 0.2) is 0 Å². The second-order valence-corrected chi connectivity index (χ2v) is 7.12. The SMILES string of the molecule is CN1C[C@@H]2[C@@H](Oc3cc(N)cc(F)c3)CCN2S1(=O)=O. The number of fused-ring (bicyclic) bond motifs is 1. The van der Waals surface area contributed by atoms with Gasteiger partial charge in [-0.3, -0.25) is 0 Å². The van der Waals surface area contributed by atoms with Gasteiger partial charge < -0.3 is 10.5 Å². The fourth-order valence-electron chi connectivity index (χ4n) is 2.79. The molecule has 1 aromatic carbocycles. The zero-order valence-corrected chi connectivity index (χ0v) is 11.8. The Balaban J connectivity index is 1.80. The number of nitrogens with two attached hydrogens (primary N) is 1. The van der Waals surface area contributed by atoms with E-state index < -0.39 is 16.0 Å². The molecule has 2 saturated heterocycles. The molecule has 1 aromatic rings. The number of nitrogens with zero attached hydrogens (tertiary/aromatic N) is 2. The predicted octanol–water partition coefficient (Wildman–Crippen LogP) is 0.420. The molecule has 2 aliphatic heterocycles. The Morgan fingerprint density at radius 3 is 2.85 bits per heavy atom. The van der Waals surface area contributed by atoms with Crippen LogP contribution in [0.15, 0.2) is 18.2 Å². The molecule has 2 N–H and O–H groups in total. The fourth-order valence-corrected chi connectivity index (χ4v) is 4.37. The summed E-state index contributed by atoms with van der Waals surface area (Å²) >= 11 is 0. The van der Waals surface area contributed by atoms with Gasteiger partial charge in [0.25, 0.3) is 10.2 Å². The van der Waals surface area contributed by atoms with Crippen molar-refractivity contribution in [1.29, 1.82) is 0 Å². The molecule has 0 unspecified atom stereocenters. The van der Waals surface area contributed by atoms with Crippen molar-refractivity contribution < 1.29 is 17.5 Å². The third kappa shape index (κ3) is 2.13. The Morgan fingerprint density at radius 2 is 2.15 bits per heavy atom. The molecule has 110 valence electrons. The molecule has 2 aliphatic rings. The van der Waals surface area contributed by atoms with Crippen LogP contribution in [-0.4, -0.2) is 49.3 Å². The van der Waals surface area contributed by atoms with E-state index in [0.717, 1.165) is 0 Å². The lowest BCUT2D eigenvalue weighted by atomic mass is 10.1. The number of hydrogen-bond acceptors (Lipinski definition) is 4. The number of hydrogen-bond donors (Lipinski definition) is 1. The van der Waals surface area contributed by atoms with Crippen molar-refractivity contribution in [3.05, 3.63) is 24.0 Å². The van der Waals surface area contributed by atoms with Gasteiger partial charge in [-0.2, -0.15) is 17.0 Å². The van der Waals surface area contributed by atoms with E-state index in [9.17, 15) is 12.8 Å². The van der Waals surface area contributed by atoms with Crippen LogP contribution >= 0.6 is 0 Å². The van der Waals surface area contributed by atoms with E-state index in [1.165, 1.54) is 20.7 Å². The minimum Gasteiger partial charge on any atom is -0.488 e. The zero-order chi connectivity index (χ0) is 14.5. The highest BCUT2D eigenvalue weighted by Crippen LogP contribution is 2.33. The average molecular weight is 301 g/mol. The third-order valence-corrected chi connectivity index (χ3v) is 5.73. The average Bonchev–Trinajstić information content (AvgIpc) is 2.80. The summed E-state index contributed by atoms with van der Waals surface area (Å²) in [7, 11) is -1.81. The molecule has 2 atom stereocenters. The van der Waals surface area contributed by atoms with Crippen molar-refractivity contribution in [2.75, 3.05) is 25.9 Å². The van der Waals surface area contributed by atoms with Gasteiger partial charge >= 0.3 is 0 Å². The highest BCUT2D eigenvalue weighted by atomic mass is 32.2. The number of likely N-dealkylation sites (N-methyl/N-ethyl adjacent to an activating group) is 1. The van der Waals surface area contributed by atoms with E-state index in [1.54, 1.807) is 13.1 Å². The summed E-state index contributed by atoms with van der Waals surface area (Å²) in [6.07, 6.45) is 0.310. The number of anilines is 1. The second kappa shape index (κ2) is 4.57. The first-order chi connectivity index (χ1) is 9.38. The molecule has 0 amide bonds. The molecular weight excluding hydrogens is 285 g/mol. The maximum absolute atomic E-state index is 13.3. The van der Waals surface area contributed by atoms with Crippen molar-refractivity contribution in [2.24, 2.45) is 0 Å². The molecule has 0 spiro atoms. The van der Waals surface area contributed by atoms with Gasteiger partial charge in [0.1, 0.15) is 17.7 Å². The Kier molecular flexibility index (Phi) is 3.11. The standard InChI is InChI=1S/C12H16FN3O3S/c1-15-7-11-12(2-3-16(11)20(15,17)18)19-10-5-8(13)4-9(14)6-10/h4-6,11-12H,2-3,7,14H2,1H3/t11-,12+/m1/s1. The van der Waals surface area contributed by atoms with Gasteiger partial charge in [-0.1, -0.05) is 0 Å². The van der Waals surface area contributed by atoms with Crippen molar-refractivity contribution in [1.82, 2.24) is 8.61 Å². The number of rotatable bonds is 2. The summed E-state index contributed by atoms with van der Waals surface area (Å²) < 4.78 is 45.8. The number of nitrogen functional groups attached to an aromatic ring is 1. The number of ether oxygens (including phenoxy) is 1. The molecule has 0 bridgehead atoms. The number of benzene rings is 1. The van der Waals surface area contributed by atoms with E-state index >= 15 is 0 Å². The number of halogens is 1. The van der Waals surface area contributed by atoms with Crippen LogP contribution in [0.4, 0.5) is 10.1 Å². The Bertz CT molecular complexity index is 617. The lowest BCUT2D eigenvalue weighted by Crippen LogP contribution is -2.35. The topological polar surface area (TPSA) is 75.9 Å². The van der Waals surface area contributed by atoms with Gasteiger partial charge in [0, 0.05) is 38.0 Å². The first-order valence-electron chi connectivity index (χ1n) is 6.34. The molecule has 3 rings (SSSR count). The minimum absolute atomic E-state index is 0.227. The fraction of sp³-hybridized carbons (Fsp3) is 0.500. The van der Waals surface area contributed by atoms with E-state index in [1.807, 2.05) is 0 Å². The van der Waals surface area contributed by atoms with Crippen LogP contribution in [-0.2, 0) is 10.2 Å². The van der Waals surface area contributed by atoms with E-state index in [2.05, 4.69) is 0 Å². The van der Waals surface area contributed by atoms with Crippen molar-refractivity contribution in [3.63, 3.8) is 0 Å². The molecular formula is C12H16FN3O3S. The van der Waals surface area contributed by atoms with E-state index in [0.29, 0.717) is 25.3 Å². The molecule has 2 heterocycles. The minimum atomic E-state index is -3.36. The molecule has 2 fully saturated rings. The summed E-state index contributed by atoms with van der Waals surface area (Å²) in [5, 5.41) is 0. The lowest BCUT2D eigenvalue weighted by molar-refractivity contribution is 0.169. The van der Waals surface area contributed by atoms with E-state index in [4.69, 9.17) is 10.5 Å². The summed E-state index contributed by atoms with van der Waals surface area (Å²) in [5.41, 5.74) is 5.85. The van der Waals surface area contributed by atoms with Crippen LogP contribution in [0.25, 0.3) is 0 Å². The molecule has 0 aliphatic carbocycles. The van der Waals surface area contributed by atoms with Gasteiger partial charge in [0.05, 0.1) is 6.04 Å². The summed E-state index contributed by atoms with van der Waals surface area (Å²) in [6, 6.07) is 3.78. The summed E-state index contributed by atoms with van der Waals surface area (Å²) in [6.45, 7) is 0.810. The van der Waals surface area contributed by atoms with Crippen LogP contribution in [0.1, 0.15) is 6.42 Å². The van der Waals surface area contributed by atoms with Gasteiger partial charge in [-0.05, 0) is 12.5 Å². The first-order valence-corrected chi connectivity index (χ1v) is 7.73. The Hall–Kier alpha value is -1.38. The normalized spacial score (nSPS) is 29.5. The largest absolute Gasteiger partial charge is 0.488 e. The first kappa shape index (κ1) is 13.6. The van der Waals surface area contributed by atoms with Crippen LogP contribution in [0.5, 0.6) is 5.75 Å². The van der Waals surface area contributed by atoms with Gasteiger partial charge in [0.2, 0.25) is 0 Å². The van der Waals surface area contributed by atoms with Crippen molar-refractivity contribution in [3.8, 4) is 5.75 Å². The highest BCUT2D eigenvalue weighted by molar-refractivity contribution is 7.87. The van der Waals surface area contributed by atoms with E-state index in [-0.39, 0.29) is 17.8 Å². The Labute approximate surface area is 117 Å². The van der Waals surface area contributed by atoms with Crippen molar-refractivity contribution in [2.45, 2.75) is 18.6 Å².